The molecule has 0 fully saturated rings. The predicted molar refractivity (Wildman–Crippen MR) is 49.0 cm³/mol. The van der Waals surface area contributed by atoms with Gasteiger partial charge in [-0.2, -0.15) is 0 Å². The van der Waals surface area contributed by atoms with Gasteiger partial charge in [-0.1, -0.05) is 32.6 Å². The van der Waals surface area contributed by atoms with Gasteiger partial charge in [0.1, 0.15) is 0 Å². The minimum absolute atomic E-state index is 0.414. The van der Waals surface area contributed by atoms with E-state index in [1.165, 1.54) is 0 Å². The normalized spacial score (nSPS) is 11.6. The van der Waals surface area contributed by atoms with Gasteiger partial charge in [-0.25, -0.2) is 0 Å². The van der Waals surface area contributed by atoms with Crippen molar-refractivity contribution >= 4 is 0 Å². The Bertz CT molecular complexity index is 84.7. The lowest BCUT2D eigenvalue weighted by molar-refractivity contribution is 0.770. The first-order valence-corrected chi connectivity index (χ1v) is 3.81. The molecule has 1 nitrogen and oxygen atoms in total. The van der Waals surface area contributed by atoms with Crippen molar-refractivity contribution in [3.8, 4) is 0 Å². The monoisotopic (exact) mass is 141 g/mol. The molecule has 0 aliphatic rings. The lowest BCUT2D eigenvalue weighted by Crippen LogP contribution is -2.16. The molecule has 60 valence electrons. The quantitative estimate of drug-likeness (QED) is 0.596. The van der Waals surface area contributed by atoms with Crippen LogP contribution in [-0.4, -0.2) is 6.04 Å². The van der Waals surface area contributed by atoms with Crippen molar-refractivity contribution < 1.29 is 0 Å². The van der Waals surface area contributed by atoms with Crippen LogP contribution >= 0.6 is 0 Å². The highest BCUT2D eigenvalue weighted by Crippen LogP contribution is 1.81. The van der Waals surface area contributed by atoms with Crippen molar-refractivity contribution in [1.82, 2.24) is 5.32 Å². The standard InChI is InChI=1S/C7H13N.C2H6/c1-4-6-7(3)8-5-2;1-2/h4-8H,2H2,1,3H3;1-2H3/b6-4+;. The molecule has 1 heteroatoms. The van der Waals surface area contributed by atoms with E-state index in [0.29, 0.717) is 6.04 Å². The Kier molecular flexibility index (Phi) is 13.4. The third kappa shape index (κ3) is 10.3. The molecular formula is C9H19N. The van der Waals surface area contributed by atoms with E-state index in [2.05, 4.69) is 24.9 Å². The number of nitrogens with one attached hydrogen (secondary N) is 1. The summed E-state index contributed by atoms with van der Waals surface area (Å²) in [7, 11) is 0. The van der Waals surface area contributed by atoms with E-state index in [0.717, 1.165) is 0 Å². The zero-order chi connectivity index (χ0) is 8.41. The summed E-state index contributed by atoms with van der Waals surface area (Å²) in [6, 6.07) is 0.414. The first kappa shape index (κ1) is 12.0. The Balaban J connectivity index is 0. The fraction of sp³-hybridized carbons (Fsp3) is 0.556. The van der Waals surface area contributed by atoms with Gasteiger partial charge in [0.2, 0.25) is 0 Å². The summed E-state index contributed by atoms with van der Waals surface area (Å²) >= 11 is 0. The average Bonchev–Trinajstić information content (AvgIpc) is 1.93. The molecule has 1 unspecified atom stereocenters. The molecular weight excluding hydrogens is 122 g/mol. The molecule has 0 aromatic heterocycles. The Labute approximate surface area is 64.8 Å². The van der Waals surface area contributed by atoms with E-state index >= 15 is 0 Å². The van der Waals surface area contributed by atoms with Crippen LogP contribution in [0.5, 0.6) is 0 Å². The molecule has 10 heavy (non-hydrogen) atoms. The summed E-state index contributed by atoms with van der Waals surface area (Å²) < 4.78 is 0. The molecule has 0 aliphatic heterocycles. The summed E-state index contributed by atoms with van der Waals surface area (Å²) in [6.45, 7) is 11.6. The zero-order valence-corrected chi connectivity index (χ0v) is 7.52. The number of allylic oxidation sites excluding steroid dienone is 1. The van der Waals surface area contributed by atoms with Gasteiger partial charge in [0.25, 0.3) is 0 Å². The molecule has 1 atom stereocenters. The molecule has 0 bridgehead atoms. The Morgan fingerprint density at radius 1 is 1.40 bits per heavy atom. The third-order valence-corrected chi connectivity index (χ3v) is 0.862. The zero-order valence-electron chi connectivity index (χ0n) is 7.52. The summed E-state index contributed by atoms with van der Waals surface area (Å²) in [5.74, 6) is 0. The van der Waals surface area contributed by atoms with Crippen LogP contribution in [0.15, 0.2) is 24.9 Å². The van der Waals surface area contributed by atoms with Crippen LogP contribution in [0, 0.1) is 0 Å². The van der Waals surface area contributed by atoms with Crippen molar-refractivity contribution in [1.29, 1.82) is 0 Å². The maximum atomic E-state index is 3.54. The van der Waals surface area contributed by atoms with Crippen LogP contribution in [0.25, 0.3) is 0 Å². The van der Waals surface area contributed by atoms with Gasteiger partial charge < -0.3 is 5.32 Å². The molecule has 0 radical (unpaired) electrons. The van der Waals surface area contributed by atoms with Gasteiger partial charge in [0, 0.05) is 6.04 Å². The maximum absolute atomic E-state index is 3.54. The highest BCUT2D eigenvalue weighted by molar-refractivity contribution is 4.90. The Morgan fingerprint density at radius 3 is 2.20 bits per heavy atom. The van der Waals surface area contributed by atoms with Gasteiger partial charge in [-0.05, 0) is 20.0 Å². The van der Waals surface area contributed by atoms with E-state index in [1.54, 1.807) is 6.20 Å². The smallest absolute Gasteiger partial charge is 0.0410 e. The van der Waals surface area contributed by atoms with E-state index in [-0.39, 0.29) is 0 Å². The van der Waals surface area contributed by atoms with Crippen molar-refractivity contribution in [2.24, 2.45) is 0 Å². The Morgan fingerprint density at radius 2 is 1.90 bits per heavy atom. The lowest BCUT2D eigenvalue weighted by Gasteiger charge is -2.02. The van der Waals surface area contributed by atoms with E-state index < -0.39 is 0 Å². The molecule has 0 aromatic rings. The molecule has 0 saturated heterocycles. The molecule has 1 N–H and O–H groups in total. The van der Waals surface area contributed by atoms with E-state index in [1.807, 2.05) is 26.8 Å². The third-order valence-electron chi connectivity index (χ3n) is 0.862. The lowest BCUT2D eigenvalue weighted by atomic mass is 10.3. The topological polar surface area (TPSA) is 12.0 Å². The van der Waals surface area contributed by atoms with Crippen molar-refractivity contribution in [3.05, 3.63) is 24.9 Å². The number of hydrogen-bond donors (Lipinski definition) is 1. The first-order valence-electron chi connectivity index (χ1n) is 3.81. The predicted octanol–water partition coefficient (Wildman–Crippen LogP) is 2.71. The first-order chi connectivity index (χ1) is 4.81. The van der Waals surface area contributed by atoms with Crippen molar-refractivity contribution in [2.45, 2.75) is 33.7 Å². The molecule has 0 saturated carbocycles. The molecule has 0 heterocycles. The van der Waals surface area contributed by atoms with Crippen molar-refractivity contribution in [3.63, 3.8) is 0 Å². The second-order valence-corrected chi connectivity index (χ2v) is 1.69. The van der Waals surface area contributed by atoms with Gasteiger partial charge >= 0.3 is 0 Å². The van der Waals surface area contributed by atoms with Crippen LogP contribution in [0.3, 0.4) is 0 Å². The van der Waals surface area contributed by atoms with Gasteiger partial charge in [0.15, 0.2) is 0 Å². The highest BCUT2D eigenvalue weighted by Gasteiger charge is 1.84. The summed E-state index contributed by atoms with van der Waals surface area (Å²) in [5.41, 5.74) is 0. The van der Waals surface area contributed by atoms with Crippen LogP contribution in [0.1, 0.15) is 27.7 Å². The fourth-order valence-corrected chi connectivity index (χ4v) is 0.530. The van der Waals surface area contributed by atoms with Crippen LogP contribution in [0.2, 0.25) is 0 Å². The van der Waals surface area contributed by atoms with Crippen LogP contribution in [-0.2, 0) is 0 Å². The van der Waals surface area contributed by atoms with Gasteiger partial charge in [0.05, 0.1) is 0 Å². The summed E-state index contributed by atoms with van der Waals surface area (Å²) in [5, 5.41) is 3.02. The van der Waals surface area contributed by atoms with Crippen LogP contribution < -0.4 is 5.32 Å². The minimum Gasteiger partial charge on any atom is -0.385 e. The van der Waals surface area contributed by atoms with E-state index in [4.69, 9.17) is 0 Å². The molecule has 0 rings (SSSR count). The SMILES string of the molecule is C=CNC(C)/C=C/C.CC. The second kappa shape index (κ2) is 11.1. The van der Waals surface area contributed by atoms with Crippen LogP contribution in [0.4, 0.5) is 0 Å². The minimum atomic E-state index is 0.414. The molecule has 0 spiro atoms. The van der Waals surface area contributed by atoms with Crippen molar-refractivity contribution in [2.75, 3.05) is 0 Å². The largest absolute Gasteiger partial charge is 0.385 e. The number of rotatable bonds is 3. The Hall–Kier alpha value is -0.720. The summed E-state index contributed by atoms with van der Waals surface area (Å²) in [6.07, 6.45) is 5.79. The van der Waals surface area contributed by atoms with Gasteiger partial charge in [-0.3, -0.25) is 0 Å². The highest BCUT2D eigenvalue weighted by atomic mass is 14.9. The fourth-order valence-electron chi connectivity index (χ4n) is 0.530. The summed E-state index contributed by atoms with van der Waals surface area (Å²) in [4.78, 5) is 0. The second-order valence-electron chi connectivity index (χ2n) is 1.69. The molecule has 0 amide bonds. The molecule has 0 aromatic carbocycles. The van der Waals surface area contributed by atoms with E-state index in [9.17, 15) is 0 Å². The molecule has 0 aliphatic carbocycles. The van der Waals surface area contributed by atoms with Gasteiger partial charge in [-0.15, -0.1) is 0 Å². The maximum Gasteiger partial charge on any atom is 0.0410 e. The average molecular weight is 141 g/mol. The number of hydrogen-bond acceptors (Lipinski definition) is 1.